The number of carbonyl (C=O) groups excluding carboxylic acids is 4. The van der Waals surface area contributed by atoms with Crippen molar-refractivity contribution in [2.45, 2.75) is 13.8 Å². The molecule has 0 saturated heterocycles. The van der Waals surface area contributed by atoms with E-state index in [0.29, 0.717) is 41.9 Å². The van der Waals surface area contributed by atoms with E-state index in [9.17, 15) is 19.2 Å². The maximum atomic E-state index is 12.8. The van der Waals surface area contributed by atoms with E-state index >= 15 is 0 Å². The Labute approximate surface area is 235 Å². The van der Waals surface area contributed by atoms with Crippen molar-refractivity contribution >= 4 is 23.6 Å². The Morgan fingerprint density at radius 2 is 1.40 bits per heavy atom. The first-order chi connectivity index (χ1) is 19.2. The molecule has 4 N–H and O–H groups in total. The molecule has 8 nitrogen and oxygen atoms in total. The van der Waals surface area contributed by atoms with Crippen LogP contribution in [0.2, 0.25) is 0 Å². The van der Waals surface area contributed by atoms with Crippen LogP contribution in [0, 0.1) is 11.8 Å². The van der Waals surface area contributed by atoms with E-state index in [-0.39, 0.29) is 35.5 Å². The second-order valence-electron chi connectivity index (χ2n) is 9.45. The zero-order valence-corrected chi connectivity index (χ0v) is 23.1. The molecule has 40 heavy (non-hydrogen) atoms. The second kappa shape index (κ2) is 14.4. The van der Waals surface area contributed by atoms with E-state index in [4.69, 9.17) is 0 Å². The molecule has 0 radical (unpaired) electrons. The predicted octanol–water partition coefficient (Wildman–Crippen LogP) is 3.82. The second-order valence-corrected chi connectivity index (χ2v) is 9.45. The van der Waals surface area contributed by atoms with Crippen LogP contribution in [0.15, 0.2) is 96.6 Å². The molecule has 0 spiro atoms. The summed E-state index contributed by atoms with van der Waals surface area (Å²) in [5, 5.41) is 11.2. The van der Waals surface area contributed by atoms with Crippen molar-refractivity contribution in [1.29, 1.82) is 0 Å². The SMILES string of the molecule is C=C/C(C)=C\C1C=C(CNC(=O)c2cccc(C(=O)NCC)c2)C=CC1CNC(=O)c1cccc(C(=O)NC)c1. The summed E-state index contributed by atoms with van der Waals surface area (Å²) in [6.45, 7) is 8.84. The van der Waals surface area contributed by atoms with Crippen molar-refractivity contribution in [3.8, 4) is 0 Å². The third kappa shape index (κ3) is 8.14. The largest absolute Gasteiger partial charge is 0.355 e. The Morgan fingerprint density at radius 3 is 1.95 bits per heavy atom. The minimum atomic E-state index is -0.275. The van der Waals surface area contributed by atoms with Crippen LogP contribution >= 0.6 is 0 Å². The van der Waals surface area contributed by atoms with Crippen molar-refractivity contribution in [1.82, 2.24) is 21.3 Å². The average Bonchev–Trinajstić information content (AvgIpc) is 2.98. The van der Waals surface area contributed by atoms with Gasteiger partial charge in [0.1, 0.15) is 0 Å². The molecular weight excluding hydrogens is 504 g/mol. The fourth-order valence-corrected chi connectivity index (χ4v) is 4.27. The maximum Gasteiger partial charge on any atom is 0.251 e. The number of carbonyl (C=O) groups is 4. The molecule has 2 aromatic rings. The predicted molar refractivity (Wildman–Crippen MR) is 157 cm³/mol. The Hall–Kier alpha value is -4.72. The smallest absolute Gasteiger partial charge is 0.251 e. The quantitative estimate of drug-likeness (QED) is 0.324. The molecule has 0 fully saturated rings. The number of nitrogens with one attached hydrogen (secondary N) is 4. The first-order valence-corrected chi connectivity index (χ1v) is 13.2. The summed E-state index contributed by atoms with van der Waals surface area (Å²) in [7, 11) is 1.54. The fraction of sp³-hybridized carbons (Fsp3) is 0.250. The van der Waals surface area contributed by atoms with Gasteiger partial charge in [-0.15, -0.1) is 0 Å². The van der Waals surface area contributed by atoms with Crippen LogP contribution < -0.4 is 21.3 Å². The summed E-state index contributed by atoms with van der Waals surface area (Å²) in [4.78, 5) is 49.7. The molecule has 8 heteroatoms. The Bertz CT molecular complexity index is 1370. The van der Waals surface area contributed by atoms with E-state index in [0.717, 1.165) is 11.1 Å². The third-order valence-electron chi connectivity index (χ3n) is 6.53. The van der Waals surface area contributed by atoms with Gasteiger partial charge >= 0.3 is 0 Å². The summed E-state index contributed by atoms with van der Waals surface area (Å²) in [5.41, 5.74) is 3.58. The highest BCUT2D eigenvalue weighted by Gasteiger charge is 2.21. The summed E-state index contributed by atoms with van der Waals surface area (Å²) in [6.07, 6.45) is 9.89. The number of benzene rings is 2. The van der Waals surface area contributed by atoms with Gasteiger partial charge in [0.05, 0.1) is 0 Å². The molecule has 1 aliphatic rings. The van der Waals surface area contributed by atoms with Gasteiger partial charge < -0.3 is 21.3 Å². The lowest BCUT2D eigenvalue weighted by Gasteiger charge is -2.25. The van der Waals surface area contributed by atoms with Crippen LogP contribution in [0.25, 0.3) is 0 Å². The van der Waals surface area contributed by atoms with Crippen molar-refractivity contribution in [3.63, 3.8) is 0 Å². The van der Waals surface area contributed by atoms with E-state index in [1.807, 2.05) is 26.0 Å². The minimum Gasteiger partial charge on any atom is -0.355 e. The molecule has 2 atom stereocenters. The van der Waals surface area contributed by atoms with Crippen LogP contribution in [0.5, 0.6) is 0 Å². The molecule has 208 valence electrons. The van der Waals surface area contributed by atoms with Gasteiger partial charge in [0.25, 0.3) is 23.6 Å². The molecule has 2 unspecified atom stereocenters. The van der Waals surface area contributed by atoms with Crippen LogP contribution in [0.4, 0.5) is 0 Å². The summed E-state index contributed by atoms with van der Waals surface area (Å²) >= 11 is 0. The molecular formula is C32H36N4O4. The highest BCUT2D eigenvalue weighted by Crippen LogP contribution is 2.25. The van der Waals surface area contributed by atoms with E-state index in [2.05, 4.69) is 40.0 Å². The van der Waals surface area contributed by atoms with Crippen LogP contribution in [0.1, 0.15) is 55.3 Å². The molecule has 0 bridgehead atoms. The van der Waals surface area contributed by atoms with Gasteiger partial charge in [0, 0.05) is 60.8 Å². The number of amides is 4. The lowest BCUT2D eigenvalue weighted by Crippen LogP contribution is -2.33. The van der Waals surface area contributed by atoms with Gasteiger partial charge in [-0.3, -0.25) is 19.2 Å². The monoisotopic (exact) mass is 540 g/mol. The van der Waals surface area contributed by atoms with Gasteiger partial charge in [0.15, 0.2) is 0 Å². The van der Waals surface area contributed by atoms with Gasteiger partial charge in [-0.1, -0.05) is 54.7 Å². The van der Waals surface area contributed by atoms with E-state index in [1.165, 1.54) is 0 Å². The molecule has 2 aromatic carbocycles. The van der Waals surface area contributed by atoms with Crippen molar-refractivity contribution in [3.05, 3.63) is 119 Å². The van der Waals surface area contributed by atoms with Crippen molar-refractivity contribution < 1.29 is 19.2 Å². The molecule has 0 aliphatic heterocycles. The average molecular weight is 541 g/mol. The lowest BCUT2D eigenvalue weighted by molar-refractivity contribution is 0.0938. The van der Waals surface area contributed by atoms with Crippen LogP contribution in [-0.2, 0) is 0 Å². The minimum absolute atomic E-state index is 0.0193. The summed E-state index contributed by atoms with van der Waals surface area (Å²) in [5.74, 6) is -1.07. The number of hydrogen-bond donors (Lipinski definition) is 4. The Balaban J connectivity index is 1.66. The van der Waals surface area contributed by atoms with E-state index in [1.54, 1.807) is 61.7 Å². The fourth-order valence-electron chi connectivity index (χ4n) is 4.27. The molecule has 3 rings (SSSR count). The zero-order valence-electron chi connectivity index (χ0n) is 23.1. The highest BCUT2D eigenvalue weighted by atomic mass is 16.2. The van der Waals surface area contributed by atoms with E-state index < -0.39 is 0 Å². The molecule has 1 aliphatic carbocycles. The normalized spacial score (nSPS) is 16.4. The number of hydrogen-bond acceptors (Lipinski definition) is 4. The van der Waals surface area contributed by atoms with Gasteiger partial charge in [-0.05, 0) is 55.8 Å². The third-order valence-corrected chi connectivity index (χ3v) is 6.53. The number of allylic oxidation sites excluding steroid dienone is 4. The zero-order chi connectivity index (χ0) is 29.1. The molecule has 0 heterocycles. The lowest BCUT2D eigenvalue weighted by atomic mass is 9.84. The standard InChI is InChI=1S/C32H36N4O4/c1-5-21(3)15-28-16-22(19-35-31(39)26-12-8-10-24(18-26)30(38)34-6-2)13-14-27(28)20-36-32(40)25-11-7-9-23(17-25)29(37)33-4/h5,7-18,27-28H,1,6,19-20H2,2-4H3,(H,33,37)(H,34,38)(H,35,39)(H,36,40)/b21-15-. The van der Waals surface area contributed by atoms with Crippen molar-refractivity contribution in [2.24, 2.45) is 11.8 Å². The molecule has 0 aromatic heterocycles. The van der Waals surface area contributed by atoms with Crippen LogP contribution in [0.3, 0.4) is 0 Å². The first-order valence-electron chi connectivity index (χ1n) is 13.2. The maximum absolute atomic E-state index is 12.8. The number of rotatable bonds is 11. The van der Waals surface area contributed by atoms with Gasteiger partial charge in [-0.2, -0.15) is 0 Å². The first kappa shape index (κ1) is 29.8. The molecule has 4 amide bonds. The van der Waals surface area contributed by atoms with Crippen molar-refractivity contribution in [2.75, 3.05) is 26.7 Å². The Kier molecular flexibility index (Phi) is 10.8. The topological polar surface area (TPSA) is 116 Å². The summed E-state index contributed by atoms with van der Waals surface area (Å²) in [6, 6.07) is 13.2. The van der Waals surface area contributed by atoms with Crippen LogP contribution in [-0.4, -0.2) is 50.3 Å². The highest BCUT2D eigenvalue weighted by molar-refractivity contribution is 6.00. The van der Waals surface area contributed by atoms with Gasteiger partial charge in [-0.25, -0.2) is 0 Å². The van der Waals surface area contributed by atoms with Gasteiger partial charge in [0.2, 0.25) is 0 Å². The summed E-state index contributed by atoms with van der Waals surface area (Å²) < 4.78 is 0. The Morgan fingerprint density at radius 1 is 0.850 bits per heavy atom. The molecule has 0 saturated carbocycles.